The zero-order chi connectivity index (χ0) is 17.5. The Balaban J connectivity index is 1.80. The van der Waals surface area contributed by atoms with Gasteiger partial charge in [-0.1, -0.05) is 24.3 Å². The first-order chi connectivity index (χ1) is 12.3. The molecule has 0 radical (unpaired) electrons. The van der Waals surface area contributed by atoms with Crippen LogP contribution in [-0.2, 0) is 0 Å². The first kappa shape index (κ1) is 16.6. The second kappa shape index (κ2) is 8.01. The van der Waals surface area contributed by atoms with Crippen molar-refractivity contribution in [3.05, 3.63) is 60.8 Å². The molecule has 1 aromatic heterocycles. The number of nitrogens with one attached hydrogen (secondary N) is 2. The first-order valence-corrected chi connectivity index (χ1v) is 8.02. The number of nitrogens with zero attached hydrogens (tertiary/aromatic N) is 2. The third kappa shape index (κ3) is 4.17. The van der Waals surface area contributed by atoms with E-state index in [1.165, 1.54) is 0 Å². The average Bonchev–Trinajstić information content (AvgIpc) is 2.64. The van der Waals surface area contributed by atoms with Gasteiger partial charge in [-0.3, -0.25) is 0 Å². The monoisotopic (exact) mass is 336 g/mol. The molecule has 6 heteroatoms. The lowest BCUT2D eigenvalue weighted by molar-refractivity contribution is 0.342. The van der Waals surface area contributed by atoms with Crippen molar-refractivity contribution in [2.24, 2.45) is 0 Å². The molecule has 6 nitrogen and oxygen atoms in total. The zero-order valence-corrected chi connectivity index (χ0v) is 14.2. The molecule has 0 saturated heterocycles. The molecule has 0 unspecified atom stereocenters. The van der Waals surface area contributed by atoms with Crippen molar-refractivity contribution >= 4 is 23.1 Å². The van der Waals surface area contributed by atoms with E-state index >= 15 is 0 Å². The van der Waals surface area contributed by atoms with Crippen LogP contribution in [0.25, 0.3) is 0 Å². The maximum atomic E-state index is 5.62. The van der Waals surface area contributed by atoms with Crippen molar-refractivity contribution in [2.75, 3.05) is 24.4 Å². The number of para-hydroxylation sites is 4. The molecule has 3 aromatic rings. The highest BCUT2D eigenvalue weighted by Crippen LogP contribution is 2.28. The Kier molecular flexibility index (Phi) is 5.31. The summed E-state index contributed by atoms with van der Waals surface area (Å²) in [4.78, 5) is 8.77. The number of aromatic nitrogens is 2. The fourth-order valence-electron chi connectivity index (χ4n) is 2.35. The third-order valence-corrected chi connectivity index (χ3v) is 3.46. The molecule has 0 atom stereocenters. The molecule has 0 saturated carbocycles. The van der Waals surface area contributed by atoms with Crippen molar-refractivity contribution in [2.45, 2.75) is 6.92 Å². The van der Waals surface area contributed by atoms with E-state index in [4.69, 9.17) is 9.47 Å². The SMILES string of the molecule is CCOc1ccccc1Nc1nccc(Nc2ccccc2OC)n1. The molecule has 0 spiro atoms. The molecule has 3 rings (SSSR count). The topological polar surface area (TPSA) is 68.3 Å². The Bertz CT molecular complexity index is 839. The predicted octanol–water partition coefficient (Wildman–Crippen LogP) is 4.37. The molecular weight excluding hydrogens is 316 g/mol. The Morgan fingerprint density at radius 1 is 0.880 bits per heavy atom. The van der Waals surface area contributed by atoms with E-state index in [1.54, 1.807) is 19.4 Å². The van der Waals surface area contributed by atoms with E-state index in [2.05, 4.69) is 20.6 Å². The molecule has 0 amide bonds. The van der Waals surface area contributed by atoms with E-state index in [0.29, 0.717) is 18.4 Å². The van der Waals surface area contributed by atoms with Gasteiger partial charge in [-0.05, 0) is 37.3 Å². The molecular formula is C19H20N4O2. The van der Waals surface area contributed by atoms with E-state index in [1.807, 2.05) is 55.5 Å². The zero-order valence-electron chi connectivity index (χ0n) is 14.2. The molecule has 0 aliphatic heterocycles. The van der Waals surface area contributed by atoms with Crippen molar-refractivity contribution in [3.8, 4) is 11.5 Å². The Labute approximate surface area is 146 Å². The summed E-state index contributed by atoms with van der Waals surface area (Å²) in [5, 5.41) is 6.44. The lowest BCUT2D eigenvalue weighted by Gasteiger charge is -2.13. The van der Waals surface area contributed by atoms with Gasteiger partial charge in [0, 0.05) is 6.20 Å². The van der Waals surface area contributed by atoms with Crippen LogP contribution < -0.4 is 20.1 Å². The highest BCUT2D eigenvalue weighted by Gasteiger charge is 2.07. The van der Waals surface area contributed by atoms with Gasteiger partial charge in [-0.2, -0.15) is 4.98 Å². The average molecular weight is 336 g/mol. The van der Waals surface area contributed by atoms with Crippen molar-refractivity contribution in [1.29, 1.82) is 0 Å². The van der Waals surface area contributed by atoms with Crippen LogP contribution in [0.15, 0.2) is 60.8 Å². The number of hydrogen-bond acceptors (Lipinski definition) is 6. The Hall–Kier alpha value is -3.28. The maximum absolute atomic E-state index is 5.62. The summed E-state index contributed by atoms with van der Waals surface area (Å²) >= 11 is 0. The second-order valence-electron chi connectivity index (χ2n) is 5.14. The van der Waals surface area contributed by atoms with Gasteiger partial charge < -0.3 is 20.1 Å². The van der Waals surface area contributed by atoms with Gasteiger partial charge in [0.05, 0.1) is 25.1 Å². The van der Waals surface area contributed by atoms with Gasteiger partial charge in [-0.25, -0.2) is 4.98 Å². The number of rotatable bonds is 7. The molecule has 2 N–H and O–H groups in total. The van der Waals surface area contributed by atoms with E-state index in [0.717, 1.165) is 22.9 Å². The Morgan fingerprint density at radius 3 is 2.28 bits per heavy atom. The van der Waals surface area contributed by atoms with Crippen LogP contribution in [0.1, 0.15) is 6.92 Å². The lowest BCUT2D eigenvalue weighted by Crippen LogP contribution is -2.03. The molecule has 0 fully saturated rings. The summed E-state index contributed by atoms with van der Waals surface area (Å²) in [5.41, 5.74) is 1.66. The molecule has 1 heterocycles. The molecule has 128 valence electrons. The summed E-state index contributed by atoms with van der Waals surface area (Å²) in [6, 6.07) is 17.2. The number of benzene rings is 2. The normalized spacial score (nSPS) is 10.2. The fraction of sp³-hybridized carbons (Fsp3) is 0.158. The quantitative estimate of drug-likeness (QED) is 0.668. The van der Waals surface area contributed by atoms with Crippen LogP contribution in [0.4, 0.5) is 23.1 Å². The fourth-order valence-corrected chi connectivity index (χ4v) is 2.35. The van der Waals surface area contributed by atoms with Gasteiger partial charge in [-0.15, -0.1) is 0 Å². The number of methoxy groups -OCH3 is 1. The predicted molar refractivity (Wildman–Crippen MR) is 99.2 cm³/mol. The van der Waals surface area contributed by atoms with E-state index in [9.17, 15) is 0 Å². The van der Waals surface area contributed by atoms with Crippen LogP contribution >= 0.6 is 0 Å². The number of anilines is 4. The highest BCUT2D eigenvalue weighted by molar-refractivity contribution is 5.66. The number of hydrogen-bond donors (Lipinski definition) is 2. The van der Waals surface area contributed by atoms with E-state index in [-0.39, 0.29) is 0 Å². The minimum atomic E-state index is 0.479. The van der Waals surface area contributed by atoms with Gasteiger partial charge >= 0.3 is 0 Å². The van der Waals surface area contributed by atoms with Crippen molar-refractivity contribution < 1.29 is 9.47 Å². The largest absolute Gasteiger partial charge is 0.495 e. The molecule has 0 bridgehead atoms. The summed E-state index contributed by atoms with van der Waals surface area (Å²) in [7, 11) is 1.64. The van der Waals surface area contributed by atoms with Crippen LogP contribution in [0.2, 0.25) is 0 Å². The van der Waals surface area contributed by atoms with Gasteiger partial charge in [0.25, 0.3) is 0 Å². The van der Waals surface area contributed by atoms with E-state index < -0.39 is 0 Å². The van der Waals surface area contributed by atoms with Crippen LogP contribution in [0.3, 0.4) is 0 Å². The lowest BCUT2D eigenvalue weighted by atomic mass is 10.3. The standard InChI is InChI=1S/C19H20N4O2/c1-3-25-17-11-7-5-9-15(17)22-19-20-13-12-18(23-19)21-14-8-4-6-10-16(14)24-2/h4-13H,3H2,1-2H3,(H2,20,21,22,23). The number of ether oxygens (including phenoxy) is 2. The van der Waals surface area contributed by atoms with Gasteiger partial charge in [0.1, 0.15) is 17.3 Å². The second-order valence-corrected chi connectivity index (χ2v) is 5.14. The summed E-state index contributed by atoms with van der Waals surface area (Å²) in [6.45, 7) is 2.54. The minimum Gasteiger partial charge on any atom is -0.495 e. The smallest absolute Gasteiger partial charge is 0.229 e. The minimum absolute atomic E-state index is 0.479. The van der Waals surface area contributed by atoms with Crippen LogP contribution in [0.5, 0.6) is 11.5 Å². The van der Waals surface area contributed by atoms with Gasteiger partial charge in [0.2, 0.25) is 5.95 Å². The summed E-state index contributed by atoms with van der Waals surface area (Å²) in [6.07, 6.45) is 1.69. The molecule has 0 aliphatic rings. The molecule has 0 aliphatic carbocycles. The summed E-state index contributed by atoms with van der Waals surface area (Å²) in [5.74, 6) is 2.65. The maximum Gasteiger partial charge on any atom is 0.229 e. The summed E-state index contributed by atoms with van der Waals surface area (Å²) < 4.78 is 11.0. The first-order valence-electron chi connectivity index (χ1n) is 8.02. The Morgan fingerprint density at radius 2 is 1.56 bits per heavy atom. The van der Waals surface area contributed by atoms with Crippen LogP contribution in [-0.4, -0.2) is 23.7 Å². The van der Waals surface area contributed by atoms with Crippen molar-refractivity contribution in [3.63, 3.8) is 0 Å². The van der Waals surface area contributed by atoms with Crippen molar-refractivity contribution in [1.82, 2.24) is 9.97 Å². The van der Waals surface area contributed by atoms with Gasteiger partial charge in [0.15, 0.2) is 0 Å². The van der Waals surface area contributed by atoms with Crippen LogP contribution in [0, 0.1) is 0 Å². The third-order valence-electron chi connectivity index (χ3n) is 3.46. The molecule has 25 heavy (non-hydrogen) atoms. The highest BCUT2D eigenvalue weighted by atomic mass is 16.5. The molecule has 2 aromatic carbocycles.